The van der Waals surface area contributed by atoms with Gasteiger partial charge in [0.15, 0.2) is 0 Å². The summed E-state index contributed by atoms with van der Waals surface area (Å²) in [6.07, 6.45) is 2.98. The van der Waals surface area contributed by atoms with Crippen molar-refractivity contribution >= 4 is 11.6 Å². The highest BCUT2D eigenvalue weighted by Crippen LogP contribution is 2.17. The Bertz CT molecular complexity index is 1150. The van der Waals surface area contributed by atoms with Crippen molar-refractivity contribution in [3.8, 4) is 17.3 Å². The average molecular weight is 387 g/mol. The SMILES string of the molecule is O=C(Nc1ccc(OCc2ccccc2)nc1)c1ccc(-c2ccco2)[nH]c1=O. The van der Waals surface area contributed by atoms with Gasteiger partial charge in [0, 0.05) is 6.07 Å². The van der Waals surface area contributed by atoms with Gasteiger partial charge in [-0.05, 0) is 35.9 Å². The summed E-state index contributed by atoms with van der Waals surface area (Å²) in [5, 5.41) is 2.65. The van der Waals surface area contributed by atoms with E-state index in [0.717, 1.165) is 5.56 Å². The summed E-state index contributed by atoms with van der Waals surface area (Å²) in [6, 6.07) is 19.6. The van der Waals surface area contributed by atoms with E-state index in [4.69, 9.17) is 9.15 Å². The number of ether oxygens (including phenoxy) is 1. The molecule has 3 heterocycles. The predicted molar refractivity (Wildman–Crippen MR) is 108 cm³/mol. The lowest BCUT2D eigenvalue weighted by Gasteiger charge is -2.08. The maximum absolute atomic E-state index is 12.4. The number of nitrogens with one attached hydrogen (secondary N) is 2. The first-order valence-corrected chi connectivity index (χ1v) is 8.90. The molecule has 0 saturated heterocycles. The van der Waals surface area contributed by atoms with Gasteiger partial charge < -0.3 is 19.5 Å². The smallest absolute Gasteiger partial charge is 0.261 e. The number of carbonyl (C=O) groups excluding carboxylic acids is 1. The fraction of sp³-hybridized carbons (Fsp3) is 0.0455. The molecule has 1 amide bonds. The van der Waals surface area contributed by atoms with Crippen LogP contribution >= 0.6 is 0 Å². The first-order chi connectivity index (χ1) is 14.2. The number of hydrogen-bond acceptors (Lipinski definition) is 5. The fourth-order valence-corrected chi connectivity index (χ4v) is 2.70. The molecule has 29 heavy (non-hydrogen) atoms. The summed E-state index contributed by atoms with van der Waals surface area (Å²) in [7, 11) is 0. The number of nitrogens with zero attached hydrogens (tertiary/aromatic N) is 1. The highest BCUT2D eigenvalue weighted by atomic mass is 16.5. The lowest BCUT2D eigenvalue weighted by atomic mass is 10.2. The van der Waals surface area contributed by atoms with Gasteiger partial charge in [-0.15, -0.1) is 0 Å². The van der Waals surface area contributed by atoms with Gasteiger partial charge in [-0.25, -0.2) is 4.98 Å². The van der Waals surface area contributed by atoms with E-state index in [1.807, 2.05) is 30.3 Å². The van der Waals surface area contributed by atoms with E-state index in [9.17, 15) is 9.59 Å². The molecule has 4 rings (SSSR count). The average Bonchev–Trinajstić information content (AvgIpc) is 3.29. The molecule has 144 valence electrons. The molecule has 0 spiro atoms. The third-order valence-corrected chi connectivity index (χ3v) is 4.16. The minimum Gasteiger partial charge on any atom is -0.473 e. The highest BCUT2D eigenvalue weighted by Gasteiger charge is 2.13. The molecule has 0 aliphatic heterocycles. The number of hydrogen-bond donors (Lipinski definition) is 2. The van der Waals surface area contributed by atoms with Crippen molar-refractivity contribution in [1.82, 2.24) is 9.97 Å². The quantitative estimate of drug-likeness (QED) is 0.524. The number of aromatic amines is 1. The summed E-state index contributed by atoms with van der Waals surface area (Å²) >= 11 is 0. The Labute approximate surface area is 166 Å². The predicted octanol–water partition coefficient (Wildman–Crippen LogP) is 3.86. The van der Waals surface area contributed by atoms with Crippen molar-refractivity contribution in [3.05, 3.63) is 101 Å². The molecule has 0 fully saturated rings. The van der Waals surface area contributed by atoms with Crippen LogP contribution in [0.4, 0.5) is 5.69 Å². The number of pyridine rings is 2. The maximum Gasteiger partial charge on any atom is 0.261 e. The molecule has 7 nitrogen and oxygen atoms in total. The number of aromatic nitrogens is 2. The van der Waals surface area contributed by atoms with Crippen LogP contribution in [0.5, 0.6) is 5.88 Å². The van der Waals surface area contributed by atoms with Gasteiger partial charge in [-0.2, -0.15) is 0 Å². The molecule has 2 N–H and O–H groups in total. The van der Waals surface area contributed by atoms with E-state index >= 15 is 0 Å². The van der Waals surface area contributed by atoms with Crippen LogP contribution in [0, 0.1) is 0 Å². The van der Waals surface area contributed by atoms with E-state index in [-0.39, 0.29) is 5.56 Å². The third-order valence-electron chi connectivity index (χ3n) is 4.16. The Kier molecular flexibility index (Phi) is 5.20. The zero-order chi connectivity index (χ0) is 20.1. The minimum atomic E-state index is -0.531. The molecule has 3 aromatic heterocycles. The second kappa shape index (κ2) is 8.26. The van der Waals surface area contributed by atoms with Crippen molar-refractivity contribution in [1.29, 1.82) is 0 Å². The largest absolute Gasteiger partial charge is 0.473 e. The molecular weight excluding hydrogens is 370 g/mol. The summed E-state index contributed by atoms with van der Waals surface area (Å²) in [4.78, 5) is 31.5. The standard InChI is InChI=1S/C22H17N3O4/c26-21(17-9-10-18(25-22(17)27)19-7-4-12-28-19)24-16-8-11-20(23-13-16)29-14-15-5-2-1-3-6-15/h1-13H,14H2,(H,24,26)(H,25,27). The van der Waals surface area contributed by atoms with Crippen LogP contribution in [0.1, 0.15) is 15.9 Å². The van der Waals surface area contributed by atoms with Gasteiger partial charge in [0.05, 0.1) is 23.8 Å². The summed E-state index contributed by atoms with van der Waals surface area (Å²) in [6.45, 7) is 0.400. The Morgan fingerprint density at radius 1 is 1.03 bits per heavy atom. The second-order valence-electron chi connectivity index (χ2n) is 6.21. The first-order valence-electron chi connectivity index (χ1n) is 8.90. The van der Waals surface area contributed by atoms with Crippen LogP contribution in [0.15, 0.2) is 88.4 Å². The first kappa shape index (κ1) is 18.2. The Hall–Kier alpha value is -4.13. The molecule has 4 aromatic rings. The second-order valence-corrected chi connectivity index (χ2v) is 6.21. The van der Waals surface area contributed by atoms with Crippen LogP contribution in [-0.2, 0) is 6.61 Å². The molecule has 0 atom stereocenters. The van der Waals surface area contributed by atoms with E-state index in [1.165, 1.54) is 18.5 Å². The molecule has 0 bridgehead atoms. The lowest BCUT2D eigenvalue weighted by molar-refractivity contribution is 0.102. The van der Waals surface area contributed by atoms with Gasteiger partial charge in [0.25, 0.3) is 11.5 Å². The molecule has 0 saturated carbocycles. The summed E-state index contributed by atoms with van der Waals surface area (Å²) in [5.41, 5.74) is 1.47. The molecule has 0 aliphatic carbocycles. The molecule has 1 aromatic carbocycles. The van der Waals surface area contributed by atoms with Gasteiger partial charge >= 0.3 is 0 Å². The van der Waals surface area contributed by atoms with Crippen LogP contribution in [0.3, 0.4) is 0 Å². The van der Waals surface area contributed by atoms with E-state index in [0.29, 0.717) is 29.6 Å². The van der Waals surface area contributed by atoms with Gasteiger partial charge in [0.2, 0.25) is 5.88 Å². The van der Waals surface area contributed by atoms with Crippen molar-refractivity contribution in [2.24, 2.45) is 0 Å². The molecular formula is C22H17N3O4. The number of rotatable bonds is 6. The number of carbonyl (C=O) groups is 1. The van der Waals surface area contributed by atoms with Crippen molar-refractivity contribution in [2.75, 3.05) is 5.32 Å². The molecule has 0 unspecified atom stereocenters. The van der Waals surface area contributed by atoms with Gasteiger partial charge in [0.1, 0.15) is 17.9 Å². The number of amides is 1. The Balaban J connectivity index is 1.40. The van der Waals surface area contributed by atoms with Crippen LogP contribution < -0.4 is 15.6 Å². The monoisotopic (exact) mass is 387 g/mol. The number of anilines is 1. The van der Waals surface area contributed by atoms with Gasteiger partial charge in [-0.3, -0.25) is 9.59 Å². The van der Waals surface area contributed by atoms with Crippen molar-refractivity contribution in [3.63, 3.8) is 0 Å². The molecule has 0 radical (unpaired) electrons. The highest BCUT2D eigenvalue weighted by molar-refractivity contribution is 6.04. The Morgan fingerprint density at radius 2 is 1.90 bits per heavy atom. The minimum absolute atomic E-state index is 0.00953. The maximum atomic E-state index is 12.4. The van der Waals surface area contributed by atoms with Crippen molar-refractivity contribution in [2.45, 2.75) is 6.61 Å². The van der Waals surface area contributed by atoms with Crippen LogP contribution in [-0.4, -0.2) is 15.9 Å². The van der Waals surface area contributed by atoms with E-state index < -0.39 is 11.5 Å². The van der Waals surface area contributed by atoms with E-state index in [2.05, 4.69) is 15.3 Å². The van der Waals surface area contributed by atoms with Gasteiger partial charge in [-0.1, -0.05) is 30.3 Å². The normalized spacial score (nSPS) is 10.5. The zero-order valence-corrected chi connectivity index (χ0v) is 15.3. The zero-order valence-electron chi connectivity index (χ0n) is 15.3. The van der Waals surface area contributed by atoms with Crippen LogP contribution in [0.25, 0.3) is 11.5 Å². The lowest BCUT2D eigenvalue weighted by Crippen LogP contribution is -2.23. The summed E-state index contributed by atoms with van der Waals surface area (Å²) < 4.78 is 10.9. The van der Waals surface area contributed by atoms with E-state index in [1.54, 1.807) is 30.3 Å². The fourth-order valence-electron chi connectivity index (χ4n) is 2.70. The topological polar surface area (TPSA) is 97.2 Å². The summed E-state index contributed by atoms with van der Waals surface area (Å²) in [5.74, 6) is 0.425. The Morgan fingerprint density at radius 3 is 2.59 bits per heavy atom. The van der Waals surface area contributed by atoms with Crippen LogP contribution in [0.2, 0.25) is 0 Å². The third kappa shape index (κ3) is 4.41. The number of benzene rings is 1. The number of H-pyrrole nitrogens is 1. The number of furan rings is 1. The molecule has 0 aliphatic rings. The molecule has 7 heteroatoms. The van der Waals surface area contributed by atoms with Crippen molar-refractivity contribution < 1.29 is 13.9 Å².